The van der Waals surface area contributed by atoms with E-state index in [-0.39, 0.29) is 11.8 Å². The van der Waals surface area contributed by atoms with Crippen LogP contribution in [0.15, 0.2) is 84.9 Å². The van der Waals surface area contributed by atoms with Crippen molar-refractivity contribution in [2.75, 3.05) is 24.4 Å². The molecule has 0 fully saturated rings. The van der Waals surface area contributed by atoms with Crippen molar-refractivity contribution in [2.45, 2.75) is 6.92 Å². The summed E-state index contributed by atoms with van der Waals surface area (Å²) in [5.41, 5.74) is 2.16. The van der Waals surface area contributed by atoms with Crippen molar-refractivity contribution in [3.63, 3.8) is 0 Å². The molecule has 0 heterocycles. The number of carbonyl (C=O) groups excluding carboxylic acids is 2. The Morgan fingerprint density at radius 1 is 0.758 bits per heavy atom. The van der Waals surface area contributed by atoms with Gasteiger partial charge in [0.2, 0.25) is 0 Å². The summed E-state index contributed by atoms with van der Waals surface area (Å²) in [6.45, 7) is 2.50. The van der Waals surface area contributed by atoms with E-state index in [2.05, 4.69) is 10.6 Å². The highest BCUT2D eigenvalue weighted by atomic mass is 16.5. The molecule has 2 N–H and O–H groups in total. The van der Waals surface area contributed by atoms with Crippen LogP contribution in [0.3, 0.4) is 0 Å². The molecule has 4 rings (SSSR count). The zero-order valence-electron chi connectivity index (χ0n) is 18.4. The first-order valence-electron chi connectivity index (χ1n) is 10.6. The Hall–Kier alpha value is -4.32. The second-order valence-electron chi connectivity index (χ2n) is 7.34. The molecule has 0 saturated carbocycles. The summed E-state index contributed by atoms with van der Waals surface area (Å²) >= 11 is 0. The Balaban J connectivity index is 1.44. The van der Waals surface area contributed by atoms with Gasteiger partial charge in [0.05, 0.1) is 19.3 Å². The average molecular weight is 440 g/mol. The molecule has 2 amide bonds. The lowest BCUT2D eigenvalue weighted by atomic mass is 10.1. The monoisotopic (exact) mass is 440 g/mol. The summed E-state index contributed by atoms with van der Waals surface area (Å²) in [6.07, 6.45) is 0. The van der Waals surface area contributed by atoms with E-state index < -0.39 is 0 Å². The fourth-order valence-corrected chi connectivity index (χ4v) is 3.47. The molecule has 6 nitrogen and oxygen atoms in total. The van der Waals surface area contributed by atoms with E-state index in [0.29, 0.717) is 34.9 Å². The van der Waals surface area contributed by atoms with Gasteiger partial charge >= 0.3 is 0 Å². The smallest absolute Gasteiger partial charge is 0.259 e. The van der Waals surface area contributed by atoms with Crippen molar-refractivity contribution in [1.29, 1.82) is 0 Å². The lowest BCUT2D eigenvalue weighted by Crippen LogP contribution is -2.14. The fraction of sp³-hybridized carbons (Fsp3) is 0.111. The van der Waals surface area contributed by atoms with E-state index in [0.717, 1.165) is 16.5 Å². The summed E-state index contributed by atoms with van der Waals surface area (Å²) in [7, 11) is 1.54. The minimum absolute atomic E-state index is 0.242. The number of methoxy groups -OCH3 is 1. The summed E-state index contributed by atoms with van der Waals surface area (Å²) in [6, 6.07) is 25.3. The van der Waals surface area contributed by atoms with Crippen LogP contribution >= 0.6 is 0 Å². The first-order chi connectivity index (χ1) is 16.1. The third-order valence-corrected chi connectivity index (χ3v) is 5.14. The SMILES string of the molecule is CCOc1ccc(NC(=O)c2ccc(NC(=O)c3cc4ccccc4cc3OC)cc2)cc1. The maximum Gasteiger partial charge on any atom is 0.259 e. The molecule has 33 heavy (non-hydrogen) atoms. The molecule has 0 aliphatic heterocycles. The van der Waals surface area contributed by atoms with E-state index >= 15 is 0 Å². The lowest BCUT2D eigenvalue weighted by Gasteiger charge is -2.12. The zero-order valence-corrected chi connectivity index (χ0v) is 18.4. The average Bonchev–Trinajstić information content (AvgIpc) is 2.85. The predicted molar refractivity (Wildman–Crippen MR) is 130 cm³/mol. The Kier molecular flexibility index (Phi) is 6.55. The molecule has 166 valence electrons. The van der Waals surface area contributed by atoms with E-state index in [1.54, 1.807) is 55.6 Å². The summed E-state index contributed by atoms with van der Waals surface area (Å²) in [5.74, 6) is 0.716. The number of hydrogen-bond donors (Lipinski definition) is 2. The van der Waals surface area contributed by atoms with Gasteiger partial charge in [0, 0.05) is 16.9 Å². The Morgan fingerprint density at radius 2 is 1.33 bits per heavy atom. The van der Waals surface area contributed by atoms with Gasteiger partial charge in [-0.3, -0.25) is 9.59 Å². The number of benzene rings is 4. The first-order valence-corrected chi connectivity index (χ1v) is 10.6. The molecule has 0 radical (unpaired) electrons. The normalized spacial score (nSPS) is 10.5. The van der Waals surface area contributed by atoms with Gasteiger partial charge in [-0.25, -0.2) is 0 Å². The van der Waals surface area contributed by atoms with Crippen molar-refractivity contribution in [2.24, 2.45) is 0 Å². The maximum absolute atomic E-state index is 12.9. The molecule has 6 heteroatoms. The third kappa shape index (κ3) is 5.13. The van der Waals surface area contributed by atoms with Crippen LogP contribution in [0.5, 0.6) is 11.5 Å². The second kappa shape index (κ2) is 9.87. The molecule has 0 aromatic heterocycles. The molecular formula is C27H24N2O4. The highest BCUT2D eigenvalue weighted by Crippen LogP contribution is 2.27. The van der Waals surface area contributed by atoms with Crippen molar-refractivity contribution in [3.8, 4) is 11.5 Å². The van der Waals surface area contributed by atoms with Crippen molar-refractivity contribution in [1.82, 2.24) is 0 Å². The molecule has 0 aliphatic rings. The van der Waals surface area contributed by atoms with Crippen LogP contribution in [0.4, 0.5) is 11.4 Å². The van der Waals surface area contributed by atoms with E-state index in [9.17, 15) is 9.59 Å². The van der Waals surface area contributed by atoms with Gasteiger partial charge in [-0.1, -0.05) is 24.3 Å². The first kappa shape index (κ1) is 21.9. The van der Waals surface area contributed by atoms with Crippen LogP contribution in [-0.4, -0.2) is 25.5 Å². The van der Waals surface area contributed by atoms with Gasteiger partial charge in [-0.05, 0) is 78.4 Å². The van der Waals surface area contributed by atoms with Gasteiger partial charge < -0.3 is 20.1 Å². The van der Waals surface area contributed by atoms with Gasteiger partial charge in [-0.2, -0.15) is 0 Å². The molecule has 0 bridgehead atoms. The largest absolute Gasteiger partial charge is 0.496 e. The van der Waals surface area contributed by atoms with Crippen molar-refractivity contribution in [3.05, 3.63) is 96.1 Å². The molecule has 4 aromatic carbocycles. The number of nitrogens with one attached hydrogen (secondary N) is 2. The molecule has 0 unspecified atom stereocenters. The minimum atomic E-state index is -0.288. The number of ether oxygens (including phenoxy) is 2. The van der Waals surface area contributed by atoms with Crippen LogP contribution in [0.1, 0.15) is 27.6 Å². The van der Waals surface area contributed by atoms with Gasteiger partial charge in [-0.15, -0.1) is 0 Å². The van der Waals surface area contributed by atoms with Gasteiger partial charge in [0.15, 0.2) is 0 Å². The maximum atomic E-state index is 12.9. The predicted octanol–water partition coefficient (Wildman–Crippen LogP) is 5.75. The number of hydrogen-bond acceptors (Lipinski definition) is 4. The standard InChI is InChI=1S/C27H24N2O4/c1-3-33-23-14-12-22(13-15-23)28-26(30)18-8-10-21(11-9-18)29-27(31)24-16-19-6-4-5-7-20(19)17-25(24)32-2/h4-17H,3H2,1-2H3,(H,28,30)(H,29,31). The summed E-state index contributed by atoms with van der Waals surface area (Å²) in [4.78, 5) is 25.4. The van der Waals surface area contributed by atoms with Crippen LogP contribution in [0.2, 0.25) is 0 Å². The van der Waals surface area contributed by atoms with E-state index in [1.807, 2.05) is 43.3 Å². The Bertz CT molecular complexity index is 1280. The van der Waals surface area contributed by atoms with Gasteiger partial charge in [0.1, 0.15) is 11.5 Å². The topological polar surface area (TPSA) is 76.7 Å². The molecule has 4 aromatic rings. The molecular weight excluding hydrogens is 416 g/mol. The van der Waals surface area contributed by atoms with Crippen LogP contribution in [0.25, 0.3) is 10.8 Å². The molecule has 0 aliphatic carbocycles. The number of fused-ring (bicyclic) bond motifs is 1. The fourth-order valence-electron chi connectivity index (χ4n) is 3.47. The summed E-state index contributed by atoms with van der Waals surface area (Å²) in [5, 5.41) is 7.66. The van der Waals surface area contributed by atoms with E-state index in [4.69, 9.17) is 9.47 Å². The van der Waals surface area contributed by atoms with Crippen LogP contribution in [0, 0.1) is 0 Å². The molecule has 0 saturated heterocycles. The zero-order chi connectivity index (χ0) is 23.2. The van der Waals surface area contributed by atoms with Crippen molar-refractivity contribution >= 4 is 34.0 Å². The van der Waals surface area contributed by atoms with Crippen molar-refractivity contribution < 1.29 is 19.1 Å². The molecule has 0 atom stereocenters. The highest BCUT2D eigenvalue weighted by Gasteiger charge is 2.14. The Morgan fingerprint density at radius 3 is 1.94 bits per heavy atom. The number of amides is 2. The van der Waals surface area contributed by atoms with Crippen LogP contribution in [-0.2, 0) is 0 Å². The van der Waals surface area contributed by atoms with Crippen LogP contribution < -0.4 is 20.1 Å². The number of rotatable bonds is 7. The quantitative estimate of drug-likeness (QED) is 0.384. The number of carbonyl (C=O) groups is 2. The lowest BCUT2D eigenvalue weighted by molar-refractivity contribution is 0.101. The second-order valence-corrected chi connectivity index (χ2v) is 7.34. The third-order valence-electron chi connectivity index (χ3n) is 5.14. The summed E-state index contributed by atoms with van der Waals surface area (Å²) < 4.78 is 10.8. The van der Waals surface area contributed by atoms with Gasteiger partial charge in [0.25, 0.3) is 11.8 Å². The number of anilines is 2. The minimum Gasteiger partial charge on any atom is -0.496 e. The highest BCUT2D eigenvalue weighted by molar-refractivity contribution is 6.09. The van der Waals surface area contributed by atoms with E-state index in [1.165, 1.54) is 0 Å². The Labute approximate surface area is 192 Å². The molecule has 0 spiro atoms.